The SMILES string of the molecule is OC(CCl)c1ccccc1Oc1ccccc1. The number of ether oxygens (including phenoxy) is 1. The Kier molecular flexibility index (Phi) is 4.02. The van der Waals surface area contributed by atoms with Gasteiger partial charge in [0, 0.05) is 5.56 Å². The van der Waals surface area contributed by atoms with Gasteiger partial charge in [0.1, 0.15) is 11.5 Å². The zero-order valence-corrected chi connectivity index (χ0v) is 9.97. The lowest BCUT2D eigenvalue weighted by Crippen LogP contribution is -2.01. The van der Waals surface area contributed by atoms with Crippen LogP contribution in [0.3, 0.4) is 0 Å². The van der Waals surface area contributed by atoms with Crippen molar-refractivity contribution in [1.29, 1.82) is 0 Å². The third-order valence-corrected chi connectivity index (χ3v) is 2.69. The molecule has 1 atom stereocenters. The summed E-state index contributed by atoms with van der Waals surface area (Å²) in [4.78, 5) is 0. The van der Waals surface area contributed by atoms with Crippen molar-refractivity contribution >= 4 is 11.6 Å². The van der Waals surface area contributed by atoms with E-state index in [4.69, 9.17) is 16.3 Å². The minimum atomic E-state index is -0.712. The summed E-state index contributed by atoms with van der Waals surface area (Å²) in [7, 11) is 0. The molecular formula is C14H13ClO2. The van der Waals surface area contributed by atoms with E-state index in [-0.39, 0.29) is 5.88 Å². The summed E-state index contributed by atoms with van der Waals surface area (Å²) in [5.74, 6) is 1.52. The van der Waals surface area contributed by atoms with Crippen LogP contribution in [0.5, 0.6) is 11.5 Å². The fraction of sp³-hybridized carbons (Fsp3) is 0.143. The van der Waals surface area contributed by atoms with Gasteiger partial charge in [-0.05, 0) is 18.2 Å². The Morgan fingerprint density at radius 3 is 2.35 bits per heavy atom. The van der Waals surface area contributed by atoms with E-state index in [2.05, 4.69) is 0 Å². The smallest absolute Gasteiger partial charge is 0.133 e. The van der Waals surface area contributed by atoms with Crippen molar-refractivity contribution in [1.82, 2.24) is 0 Å². The average Bonchev–Trinajstić information content (AvgIpc) is 2.40. The Bertz CT molecular complexity index is 471. The van der Waals surface area contributed by atoms with Crippen molar-refractivity contribution in [2.75, 3.05) is 5.88 Å². The summed E-state index contributed by atoms with van der Waals surface area (Å²) in [6.45, 7) is 0. The number of aliphatic hydroxyl groups excluding tert-OH is 1. The minimum absolute atomic E-state index is 0.148. The van der Waals surface area contributed by atoms with E-state index in [9.17, 15) is 5.11 Å². The molecule has 17 heavy (non-hydrogen) atoms. The van der Waals surface area contributed by atoms with Crippen LogP contribution in [-0.2, 0) is 0 Å². The van der Waals surface area contributed by atoms with E-state index in [1.54, 1.807) is 0 Å². The highest BCUT2D eigenvalue weighted by molar-refractivity contribution is 6.18. The highest BCUT2D eigenvalue weighted by atomic mass is 35.5. The molecule has 2 aromatic rings. The van der Waals surface area contributed by atoms with Crippen molar-refractivity contribution in [2.45, 2.75) is 6.10 Å². The molecular weight excluding hydrogens is 236 g/mol. The summed E-state index contributed by atoms with van der Waals surface area (Å²) in [6.07, 6.45) is -0.712. The third-order valence-electron chi connectivity index (χ3n) is 2.40. The highest BCUT2D eigenvalue weighted by Gasteiger charge is 2.12. The predicted octanol–water partition coefficient (Wildman–Crippen LogP) is 3.75. The lowest BCUT2D eigenvalue weighted by atomic mass is 10.1. The normalized spacial score (nSPS) is 12.1. The molecule has 3 heteroatoms. The van der Waals surface area contributed by atoms with E-state index in [0.717, 1.165) is 5.75 Å². The molecule has 2 nitrogen and oxygen atoms in total. The Morgan fingerprint density at radius 2 is 1.65 bits per heavy atom. The highest BCUT2D eigenvalue weighted by Crippen LogP contribution is 2.29. The average molecular weight is 249 g/mol. The van der Waals surface area contributed by atoms with Crippen molar-refractivity contribution in [3.8, 4) is 11.5 Å². The monoisotopic (exact) mass is 248 g/mol. The summed E-state index contributed by atoms with van der Waals surface area (Å²) in [6, 6.07) is 16.8. The molecule has 2 aromatic carbocycles. The molecule has 0 spiro atoms. The fourth-order valence-electron chi connectivity index (χ4n) is 1.55. The van der Waals surface area contributed by atoms with Gasteiger partial charge < -0.3 is 9.84 Å². The number of benzene rings is 2. The molecule has 1 unspecified atom stereocenters. The predicted molar refractivity (Wildman–Crippen MR) is 68.6 cm³/mol. The maximum atomic E-state index is 9.78. The lowest BCUT2D eigenvalue weighted by Gasteiger charge is -2.13. The largest absolute Gasteiger partial charge is 0.457 e. The molecule has 0 radical (unpaired) electrons. The van der Waals surface area contributed by atoms with Gasteiger partial charge in [-0.15, -0.1) is 11.6 Å². The summed E-state index contributed by atoms with van der Waals surface area (Å²) in [5.41, 5.74) is 0.700. The molecule has 1 N–H and O–H groups in total. The topological polar surface area (TPSA) is 29.5 Å². The van der Waals surface area contributed by atoms with Crippen molar-refractivity contribution in [3.63, 3.8) is 0 Å². The minimum Gasteiger partial charge on any atom is -0.457 e. The standard InChI is InChI=1S/C14H13ClO2/c15-10-13(16)12-8-4-5-9-14(12)17-11-6-2-1-3-7-11/h1-9,13,16H,10H2. The van der Waals surface area contributed by atoms with Crippen molar-refractivity contribution < 1.29 is 9.84 Å². The maximum absolute atomic E-state index is 9.78. The Labute approximate surface area is 105 Å². The van der Waals surface area contributed by atoms with Gasteiger partial charge in [-0.25, -0.2) is 0 Å². The zero-order chi connectivity index (χ0) is 12.1. The first-order valence-electron chi connectivity index (χ1n) is 5.37. The van der Waals surface area contributed by atoms with E-state index in [1.807, 2.05) is 54.6 Å². The molecule has 0 saturated carbocycles. The molecule has 0 heterocycles. The number of alkyl halides is 1. The molecule has 2 rings (SSSR count). The van der Waals surface area contributed by atoms with E-state index in [1.165, 1.54) is 0 Å². The number of para-hydroxylation sites is 2. The van der Waals surface area contributed by atoms with Gasteiger partial charge >= 0.3 is 0 Å². The van der Waals surface area contributed by atoms with Gasteiger partial charge in [0.15, 0.2) is 0 Å². The second-order valence-corrected chi connectivity index (χ2v) is 3.93. The van der Waals surface area contributed by atoms with Crippen LogP contribution in [0, 0.1) is 0 Å². The van der Waals surface area contributed by atoms with Crippen LogP contribution >= 0.6 is 11.6 Å². The fourth-order valence-corrected chi connectivity index (χ4v) is 1.71. The molecule has 0 aliphatic carbocycles. The first kappa shape index (κ1) is 12.0. The molecule has 0 aliphatic heterocycles. The van der Waals surface area contributed by atoms with Crippen molar-refractivity contribution in [2.24, 2.45) is 0 Å². The van der Waals surface area contributed by atoms with Crippen LogP contribution in [0.1, 0.15) is 11.7 Å². The van der Waals surface area contributed by atoms with E-state index < -0.39 is 6.10 Å². The first-order chi connectivity index (χ1) is 8.31. The number of halogens is 1. The Hall–Kier alpha value is -1.51. The first-order valence-corrected chi connectivity index (χ1v) is 5.90. The number of aliphatic hydroxyl groups is 1. The zero-order valence-electron chi connectivity index (χ0n) is 9.21. The molecule has 0 aliphatic rings. The van der Waals surface area contributed by atoms with Crippen LogP contribution in [0.25, 0.3) is 0 Å². The lowest BCUT2D eigenvalue weighted by molar-refractivity contribution is 0.199. The van der Waals surface area contributed by atoms with Crippen LogP contribution in [-0.4, -0.2) is 11.0 Å². The number of rotatable bonds is 4. The van der Waals surface area contributed by atoms with Gasteiger partial charge in [0.25, 0.3) is 0 Å². The van der Waals surface area contributed by atoms with Crippen molar-refractivity contribution in [3.05, 3.63) is 60.2 Å². The molecule has 0 saturated heterocycles. The second-order valence-electron chi connectivity index (χ2n) is 3.62. The van der Waals surface area contributed by atoms with Crippen LogP contribution < -0.4 is 4.74 Å². The third kappa shape index (κ3) is 2.99. The number of hydrogen-bond donors (Lipinski definition) is 1. The Balaban J connectivity index is 2.27. The van der Waals surface area contributed by atoms with Crippen LogP contribution in [0.2, 0.25) is 0 Å². The van der Waals surface area contributed by atoms with Gasteiger partial charge in [-0.1, -0.05) is 36.4 Å². The summed E-state index contributed by atoms with van der Waals surface area (Å²) >= 11 is 5.66. The number of hydrogen-bond acceptors (Lipinski definition) is 2. The Morgan fingerprint density at radius 1 is 1.00 bits per heavy atom. The molecule has 0 amide bonds. The van der Waals surface area contributed by atoms with Crippen LogP contribution in [0.4, 0.5) is 0 Å². The molecule has 0 fully saturated rings. The quantitative estimate of drug-likeness (QED) is 0.835. The summed E-state index contributed by atoms with van der Waals surface area (Å²) < 4.78 is 5.71. The second kappa shape index (κ2) is 5.71. The molecule has 88 valence electrons. The van der Waals surface area contributed by atoms with Crippen LogP contribution in [0.15, 0.2) is 54.6 Å². The van der Waals surface area contributed by atoms with Gasteiger partial charge in [0.2, 0.25) is 0 Å². The van der Waals surface area contributed by atoms with Gasteiger partial charge in [-0.3, -0.25) is 0 Å². The van der Waals surface area contributed by atoms with Gasteiger partial charge in [-0.2, -0.15) is 0 Å². The molecule has 0 aromatic heterocycles. The van der Waals surface area contributed by atoms with E-state index >= 15 is 0 Å². The molecule has 0 bridgehead atoms. The van der Waals surface area contributed by atoms with Gasteiger partial charge in [0.05, 0.1) is 12.0 Å². The summed E-state index contributed by atoms with van der Waals surface area (Å²) in [5, 5.41) is 9.78. The maximum Gasteiger partial charge on any atom is 0.133 e. The van der Waals surface area contributed by atoms with E-state index in [0.29, 0.717) is 11.3 Å².